The van der Waals surface area contributed by atoms with Crippen LogP contribution in [0, 0.1) is 11.8 Å². The number of hydrogen-bond donors (Lipinski definition) is 1. The van der Waals surface area contributed by atoms with Crippen molar-refractivity contribution in [2.45, 2.75) is 25.7 Å². The highest BCUT2D eigenvalue weighted by Gasteiger charge is 2.38. The Balaban J connectivity index is 1.84. The maximum atomic E-state index is 12.5. The van der Waals surface area contributed by atoms with E-state index in [2.05, 4.69) is 23.3 Å². The molecule has 1 aliphatic carbocycles. The second-order valence-corrected chi connectivity index (χ2v) is 5.28. The zero-order valence-corrected chi connectivity index (χ0v) is 10.1. The van der Waals surface area contributed by atoms with Crippen LogP contribution in [0.1, 0.15) is 30.5 Å². The van der Waals surface area contributed by atoms with Gasteiger partial charge in [-0.25, -0.2) is 0 Å². The molecule has 3 unspecified atom stereocenters. The summed E-state index contributed by atoms with van der Waals surface area (Å²) in [5.41, 5.74) is 2.31. The summed E-state index contributed by atoms with van der Waals surface area (Å²) < 4.78 is 0. The molecule has 1 aromatic heterocycles. The minimum atomic E-state index is 0.0542. The maximum Gasteiger partial charge on any atom is 0.146 e. The first-order chi connectivity index (χ1) is 8.27. The third kappa shape index (κ3) is 1.78. The van der Waals surface area contributed by atoms with Crippen molar-refractivity contribution in [2.24, 2.45) is 11.8 Å². The van der Waals surface area contributed by atoms with Crippen LogP contribution in [0.15, 0.2) is 18.3 Å². The standard InChI is InChI=1S/C14H18N2O/c1-9-7-15-8-12(9)14(17)11-5-4-10-3-2-6-16-13(10)11/h2-3,6,9,11-12,15H,4-5,7-8H2,1H3. The Morgan fingerprint density at radius 2 is 2.35 bits per heavy atom. The highest BCUT2D eigenvalue weighted by Crippen LogP contribution is 2.35. The van der Waals surface area contributed by atoms with Crippen LogP contribution >= 0.6 is 0 Å². The Bertz CT molecular complexity index is 444. The Morgan fingerprint density at radius 3 is 3.12 bits per heavy atom. The fourth-order valence-electron chi connectivity index (χ4n) is 3.14. The summed E-state index contributed by atoms with van der Waals surface area (Å²) in [4.78, 5) is 17.0. The molecule has 1 aliphatic heterocycles. The smallest absolute Gasteiger partial charge is 0.146 e. The van der Waals surface area contributed by atoms with Crippen molar-refractivity contribution in [3.8, 4) is 0 Å². The minimum absolute atomic E-state index is 0.0542. The SMILES string of the molecule is CC1CNCC1C(=O)C1CCc2cccnc21. The zero-order valence-electron chi connectivity index (χ0n) is 10.1. The number of carbonyl (C=O) groups is 1. The normalized spacial score (nSPS) is 31.5. The van der Waals surface area contributed by atoms with Crippen LogP contribution in [0.3, 0.4) is 0 Å². The molecule has 3 heteroatoms. The topological polar surface area (TPSA) is 42.0 Å². The van der Waals surface area contributed by atoms with Gasteiger partial charge in [-0.15, -0.1) is 0 Å². The maximum absolute atomic E-state index is 12.5. The number of Topliss-reactive ketones (excluding diaryl/α,β-unsaturated/α-hetero) is 1. The van der Waals surface area contributed by atoms with E-state index in [-0.39, 0.29) is 11.8 Å². The summed E-state index contributed by atoms with van der Waals surface area (Å²) in [6.45, 7) is 3.98. The number of rotatable bonds is 2. The molecule has 3 rings (SSSR count). The van der Waals surface area contributed by atoms with E-state index in [9.17, 15) is 4.79 Å². The van der Waals surface area contributed by atoms with Crippen molar-refractivity contribution in [3.05, 3.63) is 29.6 Å². The third-order valence-corrected chi connectivity index (χ3v) is 4.18. The van der Waals surface area contributed by atoms with Gasteiger partial charge in [0.25, 0.3) is 0 Å². The Hall–Kier alpha value is -1.22. The fraction of sp³-hybridized carbons (Fsp3) is 0.571. The highest BCUT2D eigenvalue weighted by molar-refractivity contribution is 5.89. The number of aryl methyl sites for hydroxylation is 1. The summed E-state index contributed by atoms with van der Waals surface area (Å²) in [5, 5.41) is 3.31. The van der Waals surface area contributed by atoms with Gasteiger partial charge in [-0.3, -0.25) is 9.78 Å². The van der Waals surface area contributed by atoms with E-state index in [1.165, 1.54) is 5.56 Å². The first-order valence-corrected chi connectivity index (χ1v) is 6.45. The number of hydrogen-bond acceptors (Lipinski definition) is 3. The van der Waals surface area contributed by atoms with E-state index in [1.54, 1.807) is 6.20 Å². The molecule has 1 aromatic rings. The molecule has 1 saturated heterocycles. The quantitative estimate of drug-likeness (QED) is 0.838. The number of fused-ring (bicyclic) bond motifs is 1. The lowest BCUT2D eigenvalue weighted by Crippen LogP contribution is -2.26. The molecule has 2 aliphatic rings. The summed E-state index contributed by atoms with van der Waals surface area (Å²) in [6, 6.07) is 4.07. The average molecular weight is 230 g/mol. The molecule has 0 aromatic carbocycles. The first-order valence-electron chi connectivity index (χ1n) is 6.45. The van der Waals surface area contributed by atoms with Gasteiger partial charge in [0.2, 0.25) is 0 Å². The monoisotopic (exact) mass is 230 g/mol. The summed E-state index contributed by atoms with van der Waals surface area (Å²) in [5.74, 6) is 1.11. The van der Waals surface area contributed by atoms with Crippen LogP contribution < -0.4 is 5.32 Å². The third-order valence-electron chi connectivity index (χ3n) is 4.18. The lowest BCUT2D eigenvalue weighted by atomic mass is 9.85. The molecular formula is C14H18N2O. The number of aromatic nitrogens is 1. The van der Waals surface area contributed by atoms with Crippen LogP contribution in [0.25, 0.3) is 0 Å². The van der Waals surface area contributed by atoms with E-state index < -0.39 is 0 Å². The Morgan fingerprint density at radius 1 is 1.47 bits per heavy atom. The van der Waals surface area contributed by atoms with Gasteiger partial charge in [-0.2, -0.15) is 0 Å². The Kier molecular flexibility index (Phi) is 2.71. The molecule has 90 valence electrons. The van der Waals surface area contributed by atoms with Crippen LogP contribution in [0.2, 0.25) is 0 Å². The first kappa shape index (κ1) is 10.9. The molecule has 3 nitrogen and oxygen atoms in total. The fourth-order valence-corrected chi connectivity index (χ4v) is 3.14. The van der Waals surface area contributed by atoms with E-state index >= 15 is 0 Å². The predicted molar refractivity (Wildman–Crippen MR) is 65.8 cm³/mol. The molecule has 1 N–H and O–H groups in total. The lowest BCUT2D eigenvalue weighted by Gasteiger charge is -2.17. The van der Waals surface area contributed by atoms with Gasteiger partial charge in [0, 0.05) is 18.7 Å². The molecule has 0 radical (unpaired) electrons. The van der Waals surface area contributed by atoms with E-state index in [4.69, 9.17) is 0 Å². The molecule has 0 spiro atoms. The van der Waals surface area contributed by atoms with Gasteiger partial charge >= 0.3 is 0 Å². The van der Waals surface area contributed by atoms with Crippen molar-refractivity contribution in [3.63, 3.8) is 0 Å². The van der Waals surface area contributed by atoms with Gasteiger partial charge in [0.05, 0.1) is 11.6 Å². The highest BCUT2D eigenvalue weighted by atomic mass is 16.1. The zero-order chi connectivity index (χ0) is 11.8. The average Bonchev–Trinajstić information content (AvgIpc) is 2.94. The molecular weight excluding hydrogens is 212 g/mol. The second kappa shape index (κ2) is 4.22. The molecule has 0 amide bonds. The summed E-state index contributed by atoms with van der Waals surface area (Å²) >= 11 is 0. The van der Waals surface area contributed by atoms with Crippen molar-refractivity contribution in [1.29, 1.82) is 0 Å². The van der Waals surface area contributed by atoms with Crippen LogP contribution in [-0.4, -0.2) is 23.9 Å². The molecule has 0 saturated carbocycles. The number of nitrogens with zero attached hydrogens (tertiary/aromatic N) is 1. The van der Waals surface area contributed by atoms with Crippen LogP contribution in [0.5, 0.6) is 0 Å². The van der Waals surface area contributed by atoms with Gasteiger partial charge < -0.3 is 5.32 Å². The van der Waals surface area contributed by atoms with Crippen molar-refractivity contribution in [2.75, 3.05) is 13.1 Å². The molecule has 17 heavy (non-hydrogen) atoms. The van der Waals surface area contributed by atoms with E-state index in [1.807, 2.05) is 6.07 Å². The molecule has 0 bridgehead atoms. The van der Waals surface area contributed by atoms with Crippen molar-refractivity contribution >= 4 is 5.78 Å². The van der Waals surface area contributed by atoms with Gasteiger partial charge in [-0.1, -0.05) is 13.0 Å². The van der Waals surface area contributed by atoms with Crippen LogP contribution in [-0.2, 0) is 11.2 Å². The van der Waals surface area contributed by atoms with Crippen LogP contribution in [0.4, 0.5) is 0 Å². The predicted octanol–water partition coefficient (Wildman–Crippen LogP) is 1.54. The van der Waals surface area contributed by atoms with Gasteiger partial charge in [-0.05, 0) is 36.9 Å². The van der Waals surface area contributed by atoms with E-state index in [0.29, 0.717) is 11.7 Å². The minimum Gasteiger partial charge on any atom is -0.316 e. The number of pyridine rings is 1. The molecule has 2 heterocycles. The largest absolute Gasteiger partial charge is 0.316 e. The number of nitrogens with one attached hydrogen (secondary N) is 1. The number of carbonyl (C=O) groups excluding carboxylic acids is 1. The van der Waals surface area contributed by atoms with E-state index in [0.717, 1.165) is 31.6 Å². The summed E-state index contributed by atoms with van der Waals surface area (Å²) in [6.07, 6.45) is 3.77. The van der Waals surface area contributed by atoms with Gasteiger partial charge in [0.1, 0.15) is 5.78 Å². The lowest BCUT2D eigenvalue weighted by molar-refractivity contribution is -0.124. The molecule has 3 atom stereocenters. The van der Waals surface area contributed by atoms with Gasteiger partial charge in [0.15, 0.2) is 0 Å². The van der Waals surface area contributed by atoms with Crippen molar-refractivity contribution < 1.29 is 4.79 Å². The molecule has 1 fully saturated rings. The Labute approximate surface area is 102 Å². The second-order valence-electron chi connectivity index (χ2n) is 5.28. The van der Waals surface area contributed by atoms with Crippen molar-refractivity contribution in [1.82, 2.24) is 10.3 Å². The summed E-state index contributed by atoms with van der Waals surface area (Å²) in [7, 11) is 0. The number of ketones is 1.